The van der Waals surface area contributed by atoms with Crippen molar-refractivity contribution in [3.8, 4) is 11.5 Å². The standard InChI is InChI=1S/C26H17NO2S2/c28-25-24(17-18-8-6-13-21(16-18)29-20-11-2-1-3-12-20)31-26(30)27(25)23-15-7-10-19-9-4-5-14-22(19)23/h1-17H/b24-17-. The molecule has 1 aliphatic rings. The van der Waals surface area contributed by atoms with E-state index in [-0.39, 0.29) is 5.91 Å². The fraction of sp³-hybridized carbons (Fsp3) is 0. The predicted molar refractivity (Wildman–Crippen MR) is 133 cm³/mol. The average molecular weight is 440 g/mol. The molecule has 0 N–H and O–H groups in total. The van der Waals surface area contributed by atoms with Crippen LogP contribution in [-0.2, 0) is 4.79 Å². The molecule has 4 aromatic carbocycles. The van der Waals surface area contributed by atoms with Crippen molar-refractivity contribution in [2.75, 3.05) is 4.90 Å². The van der Waals surface area contributed by atoms with Crippen LogP contribution in [0.1, 0.15) is 5.56 Å². The quantitative estimate of drug-likeness (QED) is 0.252. The Morgan fingerprint density at radius 1 is 0.806 bits per heavy atom. The number of para-hydroxylation sites is 1. The molecule has 0 atom stereocenters. The second-order valence-corrected chi connectivity index (χ2v) is 8.68. The highest BCUT2D eigenvalue weighted by Crippen LogP contribution is 2.39. The fourth-order valence-corrected chi connectivity index (χ4v) is 4.81. The smallest absolute Gasteiger partial charge is 0.270 e. The van der Waals surface area contributed by atoms with Gasteiger partial charge in [0.1, 0.15) is 11.5 Å². The van der Waals surface area contributed by atoms with Crippen LogP contribution in [0.25, 0.3) is 16.8 Å². The number of benzene rings is 4. The van der Waals surface area contributed by atoms with Crippen molar-refractivity contribution in [3.63, 3.8) is 0 Å². The van der Waals surface area contributed by atoms with Crippen LogP contribution in [0.3, 0.4) is 0 Å². The molecule has 1 fully saturated rings. The van der Waals surface area contributed by atoms with E-state index in [4.69, 9.17) is 17.0 Å². The summed E-state index contributed by atoms with van der Waals surface area (Å²) in [5.74, 6) is 1.37. The second kappa shape index (κ2) is 8.38. The molecule has 1 saturated heterocycles. The van der Waals surface area contributed by atoms with Gasteiger partial charge in [0, 0.05) is 5.39 Å². The summed E-state index contributed by atoms with van der Waals surface area (Å²) in [5, 5.41) is 2.07. The molecule has 5 heteroatoms. The highest BCUT2D eigenvalue weighted by atomic mass is 32.2. The molecule has 0 spiro atoms. The van der Waals surface area contributed by atoms with Crippen molar-refractivity contribution in [1.82, 2.24) is 0 Å². The molecule has 150 valence electrons. The third-order valence-electron chi connectivity index (χ3n) is 4.94. The highest BCUT2D eigenvalue weighted by Gasteiger charge is 2.34. The Hall–Kier alpha value is -3.41. The molecule has 5 rings (SSSR count). The molecular weight excluding hydrogens is 422 g/mol. The summed E-state index contributed by atoms with van der Waals surface area (Å²) in [4.78, 5) is 15.5. The number of nitrogens with zero attached hydrogens (tertiary/aromatic N) is 1. The lowest BCUT2D eigenvalue weighted by molar-refractivity contribution is -0.113. The van der Waals surface area contributed by atoms with Crippen LogP contribution in [0.4, 0.5) is 5.69 Å². The maximum Gasteiger partial charge on any atom is 0.270 e. The first-order valence-corrected chi connectivity index (χ1v) is 11.0. The molecule has 1 aliphatic heterocycles. The van der Waals surface area contributed by atoms with Crippen molar-refractivity contribution >= 4 is 56.7 Å². The van der Waals surface area contributed by atoms with Gasteiger partial charge in [-0.3, -0.25) is 9.69 Å². The van der Waals surface area contributed by atoms with Gasteiger partial charge < -0.3 is 4.74 Å². The lowest BCUT2D eigenvalue weighted by Gasteiger charge is -2.17. The van der Waals surface area contributed by atoms with Gasteiger partial charge in [-0.1, -0.05) is 90.7 Å². The molecule has 0 radical (unpaired) electrons. The van der Waals surface area contributed by atoms with E-state index in [0.717, 1.165) is 27.8 Å². The number of carbonyl (C=O) groups excluding carboxylic acids is 1. The largest absolute Gasteiger partial charge is 0.457 e. The minimum absolute atomic E-state index is 0.110. The zero-order valence-electron chi connectivity index (χ0n) is 16.4. The molecule has 1 heterocycles. The molecule has 31 heavy (non-hydrogen) atoms. The van der Waals surface area contributed by atoms with E-state index in [1.54, 1.807) is 4.90 Å². The van der Waals surface area contributed by atoms with E-state index < -0.39 is 0 Å². The van der Waals surface area contributed by atoms with Crippen molar-refractivity contribution < 1.29 is 9.53 Å². The zero-order chi connectivity index (χ0) is 21.2. The van der Waals surface area contributed by atoms with E-state index in [9.17, 15) is 4.79 Å². The molecular formula is C26H17NO2S2. The van der Waals surface area contributed by atoms with Gasteiger partial charge in [0.15, 0.2) is 4.32 Å². The Balaban J connectivity index is 1.45. The molecule has 0 bridgehead atoms. The first-order valence-electron chi connectivity index (χ1n) is 9.78. The monoisotopic (exact) mass is 439 g/mol. The van der Waals surface area contributed by atoms with E-state index >= 15 is 0 Å². The zero-order valence-corrected chi connectivity index (χ0v) is 18.0. The van der Waals surface area contributed by atoms with E-state index in [1.165, 1.54) is 11.8 Å². The molecule has 4 aromatic rings. The number of ether oxygens (including phenoxy) is 1. The summed E-state index contributed by atoms with van der Waals surface area (Å²) >= 11 is 6.89. The number of thioether (sulfide) groups is 1. The third-order valence-corrected chi connectivity index (χ3v) is 6.24. The lowest BCUT2D eigenvalue weighted by Crippen LogP contribution is -2.27. The van der Waals surface area contributed by atoms with Gasteiger partial charge in [0.25, 0.3) is 5.91 Å². The number of hydrogen-bond donors (Lipinski definition) is 0. The van der Waals surface area contributed by atoms with Crippen molar-refractivity contribution in [1.29, 1.82) is 0 Å². The third kappa shape index (κ3) is 3.98. The molecule has 3 nitrogen and oxygen atoms in total. The molecule has 0 aromatic heterocycles. The summed E-state index contributed by atoms with van der Waals surface area (Å²) in [6.45, 7) is 0. The summed E-state index contributed by atoms with van der Waals surface area (Å²) < 4.78 is 6.44. The molecule has 1 amide bonds. The van der Waals surface area contributed by atoms with Gasteiger partial charge in [-0.15, -0.1) is 0 Å². The van der Waals surface area contributed by atoms with Crippen LogP contribution in [0.2, 0.25) is 0 Å². The van der Waals surface area contributed by atoms with Crippen LogP contribution >= 0.6 is 24.0 Å². The number of thiocarbonyl (C=S) groups is 1. The van der Waals surface area contributed by atoms with Gasteiger partial charge in [-0.05, 0) is 47.4 Å². The number of fused-ring (bicyclic) bond motifs is 1. The van der Waals surface area contributed by atoms with E-state index in [2.05, 4.69) is 0 Å². The number of anilines is 1. The van der Waals surface area contributed by atoms with Gasteiger partial charge in [-0.2, -0.15) is 0 Å². The second-order valence-electron chi connectivity index (χ2n) is 7.00. The van der Waals surface area contributed by atoms with Crippen molar-refractivity contribution in [2.24, 2.45) is 0 Å². The molecule has 0 aliphatic carbocycles. The minimum Gasteiger partial charge on any atom is -0.457 e. The number of rotatable bonds is 4. The predicted octanol–water partition coefficient (Wildman–Crippen LogP) is 7.04. The van der Waals surface area contributed by atoms with E-state index in [0.29, 0.717) is 15.0 Å². The SMILES string of the molecule is O=C1/C(=C/c2cccc(Oc3ccccc3)c2)SC(=S)N1c1cccc2ccccc12. The average Bonchev–Trinajstić information content (AvgIpc) is 3.07. The topological polar surface area (TPSA) is 29.5 Å². The first-order chi connectivity index (χ1) is 15.2. The Morgan fingerprint density at radius 3 is 2.39 bits per heavy atom. The van der Waals surface area contributed by atoms with E-state index in [1.807, 2.05) is 103 Å². The minimum atomic E-state index is -0.110. The molecule has 0 saturated carbocycles. The maximum absolute atomic E-state index is 13.3. The van der Waals surface area contributed by atoms with Crippen molar-refractivity contribution in [2.45, 2.75) is 0 Å². The first kappa shape index (κ1) is 19.5. The van der Waals surface area contributed by atoms with Crippen molar-refractivity contribution in [3.05, 3.63) is 108 Å². The van der Waals surface area contributed by atoms with Crippen LogP contribution in [-0.4, -0.2) is 10.2 Å². The lowest BCUT2D eigenvalue weighted by atomic mass is 10.1. The Bertz CT molecular complexity index is 1330. The summed E-state index contributed by atoms with van der Waals surface area (Å²) in [7, 11) is 0. The number of hydrogen-bond acceptors (Lipinski definition) is 4. The van der Waals surface area contributed by atoms with Gasteiger partial charge in [-0.25, -0.2) is 0 Å². The summed E-state index contributed by atoms with van der Waals surface area (Å²) in [6.07, 6.45) is 1.86. The molecule has 0 unspecified atom stereocenters. The number of carbonyl (C=O) groups is 1. The van der Waals surface area contributed by atoms with Crippen LogP contribution < -0.4 is 9.64 Å². The van der Waals surface area contributed by atoms with Gasteiger partial charge in [0.05, 0.1) is 10.6 Å². The highest BCUT2D eigenvalue weighted by molar-refractivity contribution is 8.27. The van der Waals surface area contributed by atoms with Crippen LogP contribution in [0.5, 0.6) is 11.5 Å². The van der Waals surface area contributed by atoms with Gasteiger partial charge >= 0.3 is 0 Å². The summed E-state index contributed by atoms with van der Waals surface area (Å²) in [5.41, 5.74) is 1.69. The summed E-state index contributed by atoms with van der Waals surface area (Å²) in [6, 6.07) is 31.2. The Labute approximate surface area is 190 Å². The van der Waals surface area contributed by atoms with Crippen LogP contribution in [0.15, 0.2) is 102 Å². The van der Waals surface area contributed by atoms with Crippen LogP contribution in [0, 0.1) is 0 Å². The van der Waals surface area contributed by atoms with Gasteiger partial charge in [0.2, 0.25) is 0 Å². The Kier molecular flexibility index (Phi) is 5.28. The normalized spacial score (nSPS) is 15.1. The Morgan fingerprint density at radius 2 is 1.52 bits per heavy atom. The maximum atomic E-state index is 13.3. The fourth-order valence-electron chi connectivity index (χ4n) is 3.52. The number of amides is 1.